The fourth-order valence-electron chi connectivity index (χ4n) is 1.77. The van der Waals surface area contributed by atoms with Crippen molar-refractivity contribution in [3.8, 4) is 5.75 Å². The second-order valence-electron chi connectivity index (χ2n) is 4.34. The molecule has 0 amide bonds. The molecule has 0 aliphatic carbocycles. The maximum absolute atomic E-state index is 9.06. The van der Waals surface area contributed by atoms with E-state index in [2.05, 4.69) is 0 Å². The Balaban J connectivity index is 1.85. The fourth-order valence-corrected chi connectivity index (χ4v) is 1.90. The third-order valence-electron chi connectivity index (χ3n) is 2.82. The van der Waals surface area contributed by atoms with E-state index in [0.29, 0.717) is 13.0 Å². The second kappa shape index (κ2) is 7.34. The molecule has 1 unspecified atom stereocenters. The quantitative estimate of drug-likeness (QED) is 0.831. The van der Waals surface area contributed by atoms with Crippen molar-refractivity contribution in [3.05, 3.63) is 65.7 Å². The summed E-state index contributed by atoms with van der Waals surface area (Å²) in [5, 5.41) is 8.38. The van der Waals surface area contributed by atoms with E-state index in [1.807, 2.05) is 54.6 Å². The predicted octanol–water partition coefficient (Wildman–Crippen LogP) is 3.06. The molecule has 2 rings (SSSR count). The third kappa shape index (κ3) is 5.07. The van der Waals surface area contributed by atoms with Crippen LogP contribution in [-0.2, 0) is 29.0 Å². The Morgan fingerprint density at radius 1 is 0.947 bits per heavy atom. The van der Waals surface area contributed by atoms with E-state index in [0.717, 1.165) is 23.3 Å². The van der Waals surface area contributed by atoms with Crippen LogP contribution in [0.25, 0.3) is 0 Å². The zero-order valence-electron chi connectivity index (χ0n) is 10.6. The first kappa shape index (κ1) is 14.1. The number of aryl methyl sites for hydroxylation is 1. The molecule has 0 saturated carbocycles. The van der Waals surface area contributed by atoms with Crippen molar-refractivity contribution in [2.45, 2.75) is 24.5 Å². The van der Waals surface area contributed by atoms with Crippen molar-refractivity contribution in [1.29, 1.82) is 0 Å². The molecular weight excluding hydrogens is 288 g/mol. The van der Waals surface area contributed by atoms with E-state index in [4.69, 9.17) is 25.9 Å². The van der Waals surface area contributed by atoms with Gasteiger partial charge in [0, 0.05) is 0 Å². The molecule has 2 aromatic rings. The van der Waals surface area contributed by atoms with Gasteiger partial charge >= 0.3 is 116 Å². The average molecular weight is 305 g/mol. The van der Waals surface area contributed by atoms with E-state index in [1.54, 1.807) is 0 Å². The first-order chi connectivity index (χ1) is 9.24. The van der Waals surface area contributed by atoms with Crippen LogP contribution in [0.5, 0.6) is 5.75 Å². The van der Waals surface area contributed by atoms with Crippen LogP contribution < -0.4 is 4.74 Å². The number of rotatable bonds is 6. The Bertz CT molecular complexity index is 480. The molecule has 0 aromatic heterocycles. The summed E-state index contributed by atoms with van der Waals surface area (Å²) in [4.78, 5) is 0. The van der Waals surface area contributed by atoms with Crippen LogP contribution in [0.15, 0.2) is 54.6 Å². The molecule has 0 heterocycles. The first-order valence-corrected chi connectivity index (χ1v) is 6.82. The van der Waals surface area contributed by atoms with Crippen molar-refractivity contribution in [2.24, 2.45) is 0 Å². The van der Waals surface area contributed by atoms with Crippen LogP contribution in [0, 0.1) is 0 Å². The zero-order valence-corrected chi connectivity index (χ0v) is 11.5. The third-order valence-corrected chi connectivity index (χ3v) is 3.09. The van der Waals surface area contributed by atoms with Crippen LogP contribution in [0.4, 0.5) is 0 Å². The maximum atomic E-state index is 9.06. The van der Waals surface area contributed by atoms with Gasteiger partial charge in [-0.05, 0) is 0 Å². The van der Waals surface area contributed by atoms with Crippen LogP contribution in [0.3, 0.4) is 0 Å². The normalized spacial score (nSPS) is 12.2. The van der Waals surface area contributed by atoms with E-state index in [-0.39, 0.29) is 0 Å². The number of aliphatic hydroxyl groups excluding tert-OH is 1. The van der Waals surface area contributed by atoms with Crippen molar-refractivity contribution in [1.82, 2.24) is 0 Å². The molecule has 0 aliphatic rings. The molecule has 0 spiro atoms. The van der Waals surface area contributed by atoms with Gasteiger partial charge in [-0.1, -0.05) is 6.07 Å². The summed E-state index contributed by atoms with van der Waals surface area (Å²) in [7, 11) is 0. The average Bonchev–Trinajstić information content (AvgIpc) is 2.45. The molecule has 1 atom stereocenters. The van der Waals surface area contributed by atoms with Gasteiger partial charge in [0.15, 0.2) is 0 Å². The summed E-state index contributed by atoms with van der Waals surface area (Å²) in [5.41, 5.74) is 2.31. The summed E-state index contributed by atoms with van der Waals surface area (Å²) >= 11 is 4.88. The molecule has 1 N–H and O–H groups in total. The molecule has 19 heavy (non-hydrogen) atoms. The molecule has 104 valence electrons. The summed E-state index contributed by atoms with van der Waals surface area (Å²) in [5.74, 6) is 0.852. The van der Waals surface area contributed by atoms with Crippen LogP contribution in [0.1, 0.15) is 17.5 Å². The number of hydrogen-bond donors (Lipinski definition) is 1. The molecule has 3 heteroatoms. The number of hydrogen-bond acceptors (Lipinski definition) is 2. The number of benzene rings is 2. The van der Waals surface area contributed by atoms with E-state index >= 15 is 0 Å². The molecule has 0 radical (unpaired) electrons. The minimum absolute atomic E-state index is 0.574. The van der Waals surface area contributed by atoms with Gasteiger partial charge in [-0.3, -0.25) is 0 Å². The van der Waals surface area contributed by atoms with Gasteiger partial charge in [0.25, 0.3) is 0 Å². The van der Waals surface area contributed by atoms with Gasteiger partial charge in [0.1, 0.15) is 0 Å². The fraction of sp³-hybridized carbons (Fsp3) is 0.250. The predicted molar refractivity (Wildman–Crippen MR) is 71.5 cm³/mol. The zero-order chi connectivity index (χ0) is 13.5. The number of aliphatic hydroxyl groups is 1. The molecule has 0 fully saturated rings. The standard InChI is InChI=1S/C16H17O2.Cu/c17-12-4-7-14-8-10-16(11-9-14)18-13-15-5-2-1-3-6-15;/h1-3,5-6,8-12,17H,4,7,13H2;. The summed E-state index contributed by atoms with van der Waals surface area (Å²) < 4.78 is 5.70. The van der Waals surface area contributed by atoms with Crippen LogP contribution in [0.2, 0.25) is 0 Å². The Hall–Kier alpha value is -1.28. The first-order valence-electron chi connectivity index (χ1n) is 6.27. The number of ether oxygens (including phenoxy) is 1. The summed E-state index contributed by atoms with van der Waals surface area (Å²) in [6.07, 6.45) is 1.39. The molecule has 0 saturated heterocycles. The van der Waals surface area contributed by atoms with Gasteiger partial charge in [-0.25, -0.2) is 0 Å². The molecular formula is C16H17CuO2. The molecule has 0 aliphatic heterocycles. The summed E-state index contributed by atoms with van der Waals surface area (Å²) in [6.45, 7) is 0.574. The monoisotopic (exact) mass is 304 g/mol. The Kier molecular flexibility index (Phi) is 5.46. The van der Waals surface area contributed by atoms with Crippen molar-refractivity contribution in [2.75, 3.05) is 0 Å². The SMILES string of the molecule is O[CH]([Cu])CCc1ccc(OCc2ccccc2)cc1. The Morgan fingerprint density at radius 3 is 2.26 bits per heavy atom. The van der Waals surface area contributed by atoms with Gasteiger partial charge in [0.2, 0.25) is 0 Å². The van der Waals surface area contributed by atoms with E-state index in [1.165, 1.54) is 0 Å². The van der Waals surface area contributed by atoms with Gasteiger partial charge in [-0.15, -0.1) is 0 Å². The Morgan fingerprint density at radius 2 is 1.63 bits per heavy atom. The molecule has 2 nitrogen and oxygen atoms in total. The van der Waals surface area contributed by atoms with Crippen molar-refractivity contribution >= 4 is 0 Å². The van der Waals surface area contributed by atoms with Crippen LogP contribution >= 0.6 is 0 Å². The molecule has 2 aromatic carbocycles. The summed E-state index contributed by atoms with van der Waals surface area (Å²) in [6, 6.07) is 18.0. The molecule has 0 bridgehead atoms. The van der Waals surface area contributed by atoms with Gasteiger partial charge < -0.3 is 0 Å². The van der Waals surface area contributed by atoms with Crippen molar-refractivity contribution in [3.63, 3.8) is 0 Å². The van der Waals surface area contributed by atoms with Crippen molar-refractivity contribution < 1.29 is 25.9 Å². The minimum atomic E-state index is -0.679. The topological polar surface area (TPSA) is 29.5 Å². The second-order valence-corrected chi connectivity index (χ2v) is 4.97. The van der Waals surface area contributed by atoms with Gasteiger partial charge in [-0.2, -0.15) is 0 Å². The van der Waals surface area contributed by atoms with E-state index in [9.17, 15) is 0 Å². The van der Waals surface area contributed by atoms with Crippen LogP contribution in [-0.4, -0.2) is 10.1 Å². The van der Waals surface area contributed by atoms with E-state index < -0.39 is 5.00 Å². The Labute approximate surface area is 122 Å². The van der Waals surface area contributed by atoms with Gasteiger partial charge in [0.05, 0.1) is 0 Å².